The normalized spacial score (nSPS) is 14.1. The van der Waals surface area contributed by atoms with Crippen LogP contribution in [0.2, 0.25) is 0 Å². The van der Waals surface area contributed by atoms with Gasteiger partial charge < -0.3 is 19.3 Å². The van der Waals surface area contributed by atoms with Gasteiger partial charge in [-0.2, -0.15) is 0 Å². The highest BCUT2D eigenvalue weighted by molar-refractivity contribution is 5.78. The third-order valence-electron chi connectivity index (χ3n) is 10.3. The van der Waals surface area contributed by atoms with Crippen molar-refractivity contribution in [3.05, 3.63) is 196 Å². The van der Waals surface area contributed by atoms with Gasteiger partial charge in [0.2, 0.25) is 11.8 Å². The zero-order chi connectivity index (χ0) is 44.9. The smallest absolute Gasteiger partial charge is 0.410 e. The number of pyridine rings is 3. The van der Waals surface area contributed by atoms with Crippen LogP contribution in [0.3, 0.4) is 0 Å². The Bertz CT molecular complexity index is 2550. The maximum Gasteiger partial charge on any atom is 0.410 e. The number of hydrogen-bond acceptors (Lipinski definition) is 8. The SMILES string of the molecule is O=C1CCCCN1Cc1ccc(C#Cc2ccccc2)cn1.O=C1COCCN1Cc1ccc(C#Cc2ccccc2)cn1.O=C1OCCN1Cc1ccc(C#Cc2ccccc2)cn1. The fourth-order valence-electron chi connectivity index (χ4n) is 6.68. The van der Waals surface area contributed by atoms with E-state index >= 15 is 0 Å². The monoisotopic (exact) mass is 860 g/mol. The summed E-state index contributed by atoms with van der Waals surface area (Å²) in [4.78, 5) is 53.3. The molecule has 0 atom stereocenters. The topological polar surface area (TPSA) is 118 Å². The molecule has 11 nitrogen and oxygen atoms in total. The van der Waals surface area contributed by atoms with E-state index in [1.807, 2.05) is 132 Å². The second-order valence-electron chi connectivity index (χ2n) is 15.1. The molecule has 3 aromatic heterocycles. The van der Waals surface area contributed by atoms with Crippen molar-refractivity contribution in [2.75, 3.05) is 39.5 Å². The number of aromatic nitrogens is 3. The Balaban J connectivity index is 0.000000145. The van der Waals surface area contributed by atoms with E-state index in [1.54, 1.807) is 28.4 Å². The number of likely N-dealkylation sites (tertiary alicyclic amines) is 1. The van der Waals surface area contributed by atoms with Crippen LogP contribution in [0, 0.1) is 35.5 Å². The lowest BCUT2D eigenvalue weighted by Crippen LogP contribution is -2.41. The highest BCUT2D eigenvalue weighted by Gasteiger charge is 2.22. The Kier molecular flexibility index (Phi) is 16.6. The van der Waals surface area contributed by atoms with Crippen molar-refractivity contribution in [2.24, 2.45) is 0 Å². The van der Waals surface area contributed by atoms with Crippen LogP contribution < -0.4 is 0 Å². The molecule has 11 heteroatoms. The lowest BCUT2D eigenvalue weighted by Gasteiger charge is -2.26. The van der Waals surface area contributed by atoms with Gasteiger partial charge in [0, 0.05) is 71.5 Å². The van der Waals surface area contributed by atoms with Gasteiger partial charge in [-0.05, 0) is 85.6 Å². The lowest BCUT2D eigenvalue weighted by atomic mass is 10.1. The van der Waals surface area contributed by atoms with Gasteiger partial charge in [-0.3, -0.25) is 29.4 Å². The summed E-state index contributed by atoms with van der Waals surface area (Å²) in [6, 6.07) is 41.1. The first kappa shape index (κ1) is 45.0. The number of nitrogens with zero attached hydrogens (tertiary/aromatic N) is 6. The minimum atomic E-state index is -0.273. The second kappa shape index (κ2) is 24.0. The Morgan fingerprint density at radius 3 is 1.23 bits per heavy atom. The van der Waals surface area contributed by atoms with Gasteiger partial charge in [0.25, 0.3) is 0 Å². The third-order valence-corrected chi connectivity index (χ3v) is 10.3. The van der Waals surface area contributed by atoms with Gasteiger partial charge in [-0.1, -0.05) is 90.1 Å². The predicted molar refractivity (Wildman–Crippen MR) is 247 cm³/mol. The van der Waals surface area contributed by atoms with Gasteiger partial charge in [-0.15, -0.1) is 0 Å². The van der Waals surface area contributed by atoms with E-state index in [2.05, 4.69) is 50.5 Å². The number of cyclic esters (lactones) is 1. The molecule has 3 saturated heterocycles. The van der Waals surface area contributed by atoms with E-state index < -0.39 is 0 Å². The summed E-state index contributed by atoms with van der Waals surface area (Å²) in [5.41, 5.74) is 8.16. The van der Waals surface area contributed by atoms with Crippen molar-refractivity contribution in [1.29, 1.82) is 0 Å². The molecule has 0 spiro atoms. The number of rotatable bonds is 6. The summed E-state index contributed by atoms with van der Waals surface area (Å²) in [6.45, 7) is 4.90. The fourth-order valence-corrected chi connectivity index (χ4v) is 6.68. The zero-order valence-electron chi connectivity index (χ0n) is 36.1. The average molecular weight is 861 g/mol. The molecule has 324 valence electrons. The van der Waals surface area contributed by atoms with Crippen molar-refractivity contribution >= 4 is 17.9 Å². The molecule has 0 saturated carbocycles. The molecule has 0 unspecified atom stereocenters. The number of piperidine rings is 1. The van der Waals surface area contributed by atoms with Crippen molar-refractivity contribution in [1.82, 2.24) is 29.7 Å². The molecule has 3 fully saturated rings. The fraction of sp³-hybridized carbons (Fsp3) is 0.222. The molecule has 3 aromatic carbocycles. The summed E-state index contributed by atoms with van der Waals surface area (Å²) < 4.78 is 10.00. The highest BCUT2D eigenvalue weighted by atomic mass is 16.6. The van der Waals surface area contributed by atoms with Crippen LogP contribution in [-0.2, 0) is 38.7 Å². The number of ether oxygens (including phenoxy) is 2. The number of hydrogen-bond donors (Lipinski definition) is 0. The quantitative estimate of drug-likeness (QED) is 0.161. The third kappa shape index (κ3) is 14.8. The Hall–Kier alpha value is -8.04. The summed E-state index contributed by atoms with van der Waals surface area (Å²) >= 11 is 0. The zero-order valence-corrected chi connectivity index (χ0v) is 36.1. The molecule has 3 amide bonds. The van der Waals surface area contributed by atoms with Crippen LogP contribution in [0.15, 0.2) is 146 Å². The number of benzene rings is 3. The first-order valence-electron chi connectivity index (χ1n) is 21.5. The van der Waals surface area contributed by atoms with E-state index in [0.717, 1.165) is 69.8 Å². The summed E-state index contributed by atoms with van der Waals surface area (Å²) in [5, 5.41) is 0. The van der Waals surface area contributed by atoms with Crippen LogP contribution in [0.4, 0.5) is 4.79 Å². The average Bonchev–Trinajstić information content (AvgIpc) is 3.77. The molecule has 65 heavy (non-hydrogen) atoms. The van der Waals surface area contributed by atoms with Crippen LogP contribution in [0.1, 0.15) is 69.7 Å². The molecule has 0 bridgehead atoms. The molecule has 0 aliphatic carbocycles. The van der Waals surface area contributed by atoms with Crippen LogP contribution in [-0.4, -0.2) is 87.0 Å². The van der Waals surface area contributed by atoms with Crippen molar-refractivity contribution in [3.63, 3.8) is 0 Å². The van der Waals surface area contributed by atoms with Gasteiger partial charge in [0.1, 0.15) is 13.2 Å². The van der Waals surface area contributed by atoms with E-state index in [9.17, 15) is 14.4 Å². The molecule has 3 aliphatic heterocycles. The highest BCUT2D eigenvalue weighted by Crippen LogP contribution is 2.14. The molecule has 6 heterocycles. The Labute approximate surface area is 380 Å². The molecular formula is C54H48N6O5. The molecule has 3 aliphatic rings. The number of amides is 3. The minimum absolute atomic E-state index is 0.0148. The first-order valence-corrected chi connectivity index (χ1v) is 21.5. The number of morpholine rings is 1. The Morgan fingerprint density at radius 2 is 0.846 bits per heavy atom. The van der Waals surface area contributed by atoms with E-state index in [0.29, 0.717) is 52.4 Å². The van der Waals surface area contributed by atoms with Gasteiger partial charge in [0.15, 0.2) is 0 Å². The predicted octanol–water partition coefficient (Wildman–Crippen LogP) is 7.27. The van der Waals surface area contributed by atoms with Crippen molar-refractivity contribution < 1.29 is 23.9 Å². The van der Waals surface area contributed by atoms with Gasteiger partial charge >= 0.3 is 6.09 Å². The second-order valence-corrected chi connectivity index (χ2v) is 15.1. The van der Waals surface area contributed by atoms with Crippen molar-refractivity contribution in [3.8, 4) is 35.5 Å². The summed E-state index contributed by atoms with van der Waals surface area (Å²) in [5.74, 6) is 18.8. The minimum Gasteiger partial charge on any atom is -0.448 e. The maximum atomic E-state index is 11.8. The maximum absolute atomic E-state index is 11.8. The molecule has 9 rings (SSSR count). The number of carbonyl (C=O) groups is 3. The summed E-state index contributed by atoms with van der Waals surface area (Å²) in [7, 11) is 0. The number of carbonyl (C=O) groups excluding carboxylic acids is 3. The van der Waals surface area contributed by atoms with E-state index in [1.165, 1.54) is 0 Å². The molecule has 0 N–H and O–H groups in total. The van der Waals surface area contributed by atoms with E-state index in [4.69, 9.17) is 9.47 Å². The van der Waals surface area contributed by atoms with Crippen LogP contribution in [0.25, 0.3) is 0 Å². The molecular weight excluding hydrogens is 813 g/mol. The first-order chi connectivity index (χ1) is 31.9. The standard InChI is InChI=1S/C19H18N2O.C18H16N2O2.C17H14N2O2/c22-19-8-4-5-13-21(19)15-18-12-11-17(14-20-18)10-9-16-6-2-1-3-7-16;21-18-14-22-11-10-20(18)13-17-9-8-16(12-19-17)7-6-15-4-2-1-3-5-15;20-17-19(10-11-21-17)13-16-9-8-15(12-18-16)7-6-14-4-2-1-3-5-14/h1-3,6-7,11-12,14H,4-5,8,13,15H2;1-5,8-9,12H,10-11,13-14H2;1-5,8-9,12H,10-11,13H2. The Morgan fingerprint density at radius 1 is 0.431 bits per heavy atom. The molecule has 6 aromatic rings. The van der Waals surface area contributed by atoms with E-state index in [-0.39, 0.29) is 24.5 Å². The largest absolute Gasteiger partial charge is 0.448 e. The molecule has 0 radical (unpaired) electrons. The summed E-state index contributed by atoms with van der Waals surface area (Å²) in [6.07, 6.45) is 7.75. The lowest BCUT2D eigenvalue weighted by molar-refractivity contribution is -0.143. The van der Waals surface area contributed by atoms with Crippen LogP contribution in [0.5, 0.6) is 0 Å². The van der Waals surface area contributed by atoms with Crippen LogP contribution >= 0.6 is 0 Å². The van der Waals surface area contributed by atoms with Gasteiger partial charge in [-0.25, -0.2) is 4.79 Å². The van der Waals surface area contributed by atoms with Gasteiger partial charge in [0.05, 0.1) is 49.9 Å². The van der Waals surface area contributed by atoms with Crippen molar-refractivity contribution in [2.45, 2.75) is 38.9 Å².